The first-order chi connectivity index (χ1) is 12.9. The smallest absolute Gasteiger partial charge is 0.163 e. The van der Waals surface area contributed by atoms with Gasteiger partial charge in [-0.15, -0.1) is 0 Å². The fourth-order valence-electron chi connectivity index (χ4n) is 3.71. The molecule has 0 unspecified atom stereocenters. The Hall–Kier alpha value is -3.66. The first-order valence-corrected chi connectivity index (χ1v) is 8.52. The monoisotopic (exact) mass is 335 g/mol. The maximum absolute atomic E-state index is 6.36. The number of hydrogen-bond donors (Lipinski definition) is 0. The van der Waals surface area contributed by atoms with Gasteiger partial charge in [0.2, 0.25) is 0 Å². The number of rotatable bonds is 1. The van der Waals surface area contributed by atoms with Crippen LogP contribution in [-0.4, -0.2) is 14.4 Å². The molecule has 4 nitrogen and oxygen atoms in total. The van der Waals surface area contributed by atoms with Crippen molar-refractivity contribution >= 4 is 38.6 Å². The topological polar surface area (TPSA) is 43.3 Å². The Labute approximate surface area is 148 Å². The number of nitrogens with zero attached hydrogens (tertiary/aromatic N) is 3. The molecule has 0 aliphatic rings. The zero-order valence-corrected chi connectivity index (χ0v) is 13.8. The van der Waals surface area contributed by atoms with Crippen molar-refractivity contribution in [2.45, 2.75) is 0 Å². The minimum absolute atomic E-state index is 0.824. The molecular formula is C22H13N3O. The van der Waals surface area contributed by atoms with Gasteiger partial charge < -0.3 is 4.42 Å². The predicted molar refractivity (Wildman–Crippen MR) is 103 cm³/mol. The summed E-state index contributed by atoms with van der Waals surface area (Å²) >= 11 is 0. The van der Waals surface area contributed by atoms with Crippen LogP contribution < -0.4 is 0 Å². The maximum atomic E-state index is 6.36. The van der Waals surface area contributed by atoms with E-state index in [4.69, 9.17) is 9.40 Å². The number of aromatic nitrogens is 3. The van der Waals surface area contributed by atoms with E-state index in [0.29, 0.717) is 0 Å². The Kier molecular flexibility index (Phi) is 2.58. The lowest BCUT2D eigenvalue weighted by Crippen LogP contribution is -1.82. The summed E-state index contributed by atoms with van der Waals surface area (Å²) in [5.41, 5.74) is 6.43. The van der Waals surface area contributed by atoms with E-state index in [-0.39, 0.29) is 0 Å². The second kappa shape index (κ2) is 4.92. The third-order valence-corrected chi connectivity index (χ3v) is 4.88. The van der Waals surface area contributed by atoms with Crippen LogP contribution in [0.4, 0.5) is 0 Å². The van der Waals surface area contributed by atoms with Crippen LogP contribution in [0.15, 0.2) is 83.5 Å². The van der Waals surface area contributed by atoms with Crippen molar-refractivity contribution in [3.8, 4) is 11.3 Å². The molecule has 122 valence electrons. The average Bonchev–Trinajstić information content (AvgIpc) is 3.27. The number of para-hydroxylation sites is 1. The molecule has 26 heavy (non-hydrogen) atoms. The van der Waals surface area contributed by atoms with Gasteiger partial charge in [0.15, 0.2) is 5.58 Å². The molecule has 4 heterocycles. The molecular weight excluding hydrogens is 322 g/mol. The van der Waals surface area contributed by atoms with Crippen molar-refractivity contribution in [1.82, 2.24) is 14.4 Å². The summed E-state index contributed by atoms with van der Waals surface area (Å²) in [5, 5.41) is 2.16. The first-order valence-electron chi connectivity index (χ1n) is 8.52. The fraction of sp³-hybridized carbons (Fsp3) is 0. The molecule has 6 aromatic rings. The summed E-state index contributed by atoms with van der Waals surface area (Å²) in [6.45, 7) is 0. The van der Waals surface area contributed by atoms with Gasteiger partial charge in [-0.2, -0.15) is 0 Å². The van der Waals surface area contributed by atoms with Gasteiger partial charge in [-0.05, 0) is 42.5 Å². The standard InChI is InChI=1S/C22H13N3O/c1-3-12-23-17(8-1)16-7-5-6-14-15-10-11-18-20(22(15)26-21(14)16)24-19-9-2-4-13-25(18)19/h1-13H. The fourth-order valence-corrected chi connectivity index (χ4v) is 3.71. The number of fused-ring (bicyclic) bond motifs is 7. The lowest BCUT2D eigenvalue weighted by molar-refractivity contribution is 0.673. The van der Waals surface area contributed by atoms with E-state index in [9.17, 15) is 0 Å². The van der Waals surface area contributed by atoms with E-state index in [1.54, 1.807) is 6.20 Å². The van der Waals surface area contributed by atoms with Gasteiger partial charge in [0, 0.05) is 28.7 Å². The maximum Gasteiger partial charge on any atom is 0.163 e. The van der Waals surface area contributed by atoms with Crippen molar-refractivity contribution in [2.24, 2.45) is 0 Å². The average molecular weight is 335 g/mol. The number of benzene rings is 2. The van der Waals surface area contributed by atoms with Crippen molar-refractivity contribution in [1.29, 1.82) is 0 Å². The van der Waals surface area contributed by atoms with Gasteiger partial charge in [-0.1, -0.05) is 24.3 Å². The zero-order valence-electron chi connectivity index (χ0n) is 13.8. The molecule has 6 rings (SSSR count). The molecule has 0 fully saturated rings. The lowest BCUT2D eigenvalue weighted by Gasteiger charge is -2.00. The normalized spacial score (nSPS) is 11.8. The molecule has 0 saturated heterocycles. The molecule has 0 spiro atoms. The van der Waals surface area contributed by atoms with E-state index in [2.05, 4.69) is 33.7 Å². The second-order valence-electron chi connectivity index (χ2n) is 6.35. The van der Waals surface area contributed by atoms with Crippen molar-refractivity contribution in [3.05, 3.63) is 79.1 Å². The molecule has 0 N–H and O–H groups in total. The van der Waals surface area contributed by atoms with Crippen LogP contribution in [0.25, 0.3) is 49.9 Å². The summed E-state index contributed by atoms with van der Waals surface area (Å²) in [6, 6.07) is 22.3. The van der Waals surface area contributed by atoms with Gasteiger partial charge in [0.25, 0.3) is 0 Å². The molecule has 2 aromatic carbocycles. The first kappa shape index (κ1) is 13.6. The number of hydrogen-bond acceptors (Lipinski definition) is 3. The van der Waals surface area contributed by atoms with Crippen LogP contribution in [-0.2, 0) is 0 Å². The van der Waals surface area contributed by atoms with Crippen LogP contribution in [0.3, 0.4) is 0 Å². The number of pyridine rings is 2. The number of furan rings is 1. The molecule has 0 bridgehead atoms. The van der Waals surface area contributed by atoms with E-state index in [0.717, 1.165) is 49.9 Å². The Morgan fingerprint density at radius 2 is 1.69 bits per heavy atom. The SMILES string of the molecule is c1ccc(-c2cccc3c2oc2c3ccc3c2nc2ccccn23)nc1. The molecule has 0 aliphatic heterocycles. The Morgan fingerprint density at radius 1 is 0.769 bits per heavy atom. The van der Waals surface area contributed by atoms with E-state index >= 15 is 0 Å². The Bertz CT molecular complexity index is 1430. The van der Waals surface area contributed by atoms with E-state index < -0.39 is 0 Å². The van der Waals surface area contributed by atoms with Gasteiger partial charge in [-0.3, -0.25) is 9.38 Å². The highest BCUT2D eigenvalue weighted by atomic mass is 16.3. The van der Waals surface area contributed by atoms with Gasteiger partial charge >= 0.3 is 0 Å². The molecule has 4 heteroatoms. The largest absolute Gasteiger partial charge is 0.453 e. The zero-order chi connectivity index (χ0) is 17.1. The summed E-state index contributed by atoms with van der Waals surface area (Å²) in [4.78, 5) is 9.28. The highest BCUT2D eigenvalue weighted by Crippen LogP contribution is 2.38. The molecule has 0 amide bonds. The molecule has 0 saturated carbocycles. The molecule has 0 aliphatic carbocycles. The third kappa shape index (κ3) is 1.73. The summed E-state index contributed by atoms with van der Waals surface area (Å²) in [6.07, 6.45) is 3.83. The molecule has 0 atom stereocenters. The van der Waals surface area contributed by atoms with E-state index in [1.165, 1.54) is 0 Å². The van der Waals surface area contributed by atoms with Crippen molar-refractivity contribution < 1.29 is 4.42 Å². The summed E-state index contributed by atoms with van der Waals surface area (Å²) in [7, 11) is 0. The van der Waals surface area contributed by atoms with Gasteiger partial charge in [-0.25, -0.2) is 4.98 Å². The van der Waals surface area contributed by atoms with E-state index in [1.807, 2.05) is 48.7 Å². The van der Waals surface area contributed by atoms with Crippen molar-refractivity contribution in [2.75, 3.05) is 0 Å². The minimum atomic E-state index is 0.824. The summed E-state index contributed by atoms with van der Waals surface area (Å²) < 4.78 is 8.45. The Balaban J connectivity index is 1.78. The van der Waals surface area contributed by atoms with Crippen LogP contribution >= 0.6 is 0 Å². The predicted octanol–water partition coefficient (Wildman–Crippen LogP) is 5.45. The quantitative estimate of drug-likeness (QED) is 0.401. The second-order valence-corrected chi connectivity index (χ2v) is 6.35. The van der Waals surface area contributed by atoms with Crippen LogP contribution in [0.1, 0.15) is 0 Å². The third-order valence-electron chi connectivity index (χ3n) is 4.88. The summed E-state index contributed by atoms with van der Waals surface area (Å²) in [5.74, 6) is 0. The van der Waals surface area contributed by atoms with Gasteiger partial charge in [0.05, 0.1) is 11.2 Å². The highest BCUT2D eigenvalue weighted by Gasteiger charge is 2.16. The van der Waals surface area contributed by atoms with Crippen LogP contribution in [0, 0.1) is 0 Å². The molecule has 0 radical (unpaired) electrons. The highest BCUT2D eigenvalue weighted by molar-refractivity contribution is 6.16. The Morgan fingerprint density at radius 3 is 2.62 bits per heavy atom. The van der Waals surface area contributed by atoms with Crippen LogP contribution in [0.2, 0.25) is 0 Å². The number of imidazole rings is 1. The van der Waals surface area contributed by atoms with Crippen molar-refractivity contribution in [3.63, 3.8) is 0 Å². The lowest BCUT2D eigenvalue weighted by atomic mass is 10.1. The molecule has 4 aromatic heterocycles. The van der Waals surface area contributed by atoms with Gasteiger partial charge in [0.1, 0.15) is 16.7 Å². The minimum Gasteiger partial charge on any atom is -0.453 e. The van der Waals surface area contributed by atoms with Crippen LogP contribution in [0.5, 0.6) is 0 Å².